The lowest BCUT2D eigenvalue weighted by Gasteiger charge is -2.32. The minimum Gasteiger partial charge on any atom is -0.383 e. The molecule has 1 aliphatic rings. The second-order valence-corrected chi connectivity index (χ2v) is 6.82. The Morgan fingerprint density at radius 3 is 2.78 bits per heavy atom. The number of nitrogens with one attached hydrogen (secondary N) is 1. The summed E-state index contributed by atoms with van der Waals surface area (Å²) in [7, 11) is 1.69. The predicted octanol–water partition coefficient (Wildman–Crippen LogP) is 2.51. The molecule has 0 saturated carbocycles. The van der Waals surface area contributed by atoms with Crippen LogP contribution >= 0.6 is 0 Å². The maximum absolute atomic E-state index is 12.9. The van der Waals surface area contributed by atoms with Gasteiger partial charge in [-0.25, -0.2) is 4.98 Å². The Morgan fingerprint density at radius 2 is 2.07 bits per heavy atom. The minimum absolute atomic E-state index is 0.0177. The van der Waals surface area contributed by atoms with Gasteiger partial charge in [-0.15, -0.1) is 0 Å². The minimum atomic E-state index is -0.128. The Kier molecular flexibility index (Phi) is 6.24. The van der Waals surface area contributed by atoms with Gasteiger partial charge in [-0.1, -0.05) is 0 Å². The molecule has 1 aliphatic heterocycles. The molecule has 2 heterocycles. The van der Waals surface area contributed by atoms with E-state index >= 15 is 0 Å². The van der Waals surface area contributed by atoms with E-state index in [4.69, 9.17) is 4.74 Å². The molecule has 0 unspecified atom stereocenters. The van der Waals surface area contributed by atoms with Crippen molar-refractivity contribution in [1.82, 2.24) is 14.5 Å². The fourth-order valence-corrected chi connectivity index (χ4v) is 3.51. The summed E-state index contributed by atoms with van der Waals surface area (Å²) in [5.74, 6) is 1.14. The average molecular weight is 370 g/mol. The van der Waals surface area contributed by atoms with Crippen LogP contribution in [0.5, 0.6) is 0 Å². The molecule has 27 heavy (non-hydrogen) atoms. The second kappa shape index (κ2) is 8.81. The third-order valence-corrected chi connectivity index (χ3v) is 4.81. The van der Waals surface area contributed by atoms with Gasteiger partial charge in [0, 0.05) is 63.2 Å². The lowest BCUT2D eigenvalue weighted by atomic mass is 9.96. The lowest BCUT2D eigenvalue weighted by Crippen LogP contribution is -2.39. The summed E-state index contributed by atoms with van der Waals surface area (Å²) >= 11 is 0. The van der Waals surface area contributed by atoms with E-state index in [9.17, 15) is 9.59 Å². The molecule has 1 aromatic heterocycles. The van der Waals surface area contributed by atoms with Crippen molar-refractivity contribution in [3.05, 3.63) is 48.0 Å². The van der Waals surface area contributed by atoms with E-state index in [0.717, 1.165) is 31.8 Å². The Balaban J connectivity index is 1.68. The molecule has 1 saturated heterocycles. The quantitative estimate of drug-likeness (QED) is 0.848. The number of amides is 2. The van der Waals surface area contributed by atoms with E-state index in [1.165, 1.54) is 6.92 Å². The number of hydrogen-bond acceptors (Lipinski definition) is 4. The number of rotatable bonds is 6. The number of carbonyl (C=O) groups excluding carboxylic acids is 2. The standard InChI is InChI=1S/C20H26N4O3/c1-15(25)22-18-7-5-16(6-8-18)20(26)24-10-3-4-17(14-24)19-21-9-11-23(19)12-13-27-2/h5-9,11,17H,3-4,10,12-14H2,1-2H3,(H,22,25)/t17-/m1/s1. The second-order valence-electron chi connectivity index (χ2n) is 6.82. The van der Waals surface area contributed by atoms with E-state index in [1.807, 2.05) is 17.3 Å². The molecule has 0 bridgehead atoms. The van der Waals surface area contributed by atoms with E-state index in [-0.39, 0.29) is 17.7 Å². The lowest BCUT2D eigenvalue weighted by molar-refractivity contribution is -0.114. The molecule has 1 atom stereocenters. The summed E-state index contributed by atoms with van der Waals surface area (Å²) in [6, 6.07) is 7.04. The summed E-state index contributed by atoms with van der Waals surface area (Å²) < 4.78 is 7.28. The molecule has 0 radical (unpaired) electrons. The van der Waals surface area contributed by atoms with E-state index in [0.29, 0.717) is 24.4 Å². The third-order valence-electron chi connectivity index (χ3n) is 4.81. The molecule has 144 valence electrons. The van der Waals surface area contributed by atoms with Gasteiger partial charge in [0.05, 0.1) is 6.61 Å². The molecule has 2 amide bonds. The number of benzene rings is 1. The molecule has 1 aromatic carbocycles. The highest BCUT2D eigenvalue weighted by molar-refractivity contribution is 5.95. The first kappa shape index (κ1) is 19.1. The van der Waals surface area contributed by atoms with Gasteiger partial charge in [0.2, 0.25) is 5.91 Å². The number of nitrogens with zero attached hydrogens (tertiary/aromatic N) is 3. The van der Waals surface area contributed by atoms with Crippen LogP contribution in [0.3, 0.4) is 0 Å². The third kappa shape index (κ3) is 4.74. The van der Waals surface area contributed by atoms with Crippen LogP contribution < -0.4 is 5.32 Å². The molecule has 3 rings (SSSR count). The van der Waals surface area contributed by atoms with Crippen molar-refractivity contribution in [1.29, 1.82) is 0 Å². The zero-order valence-electron chi connectivity index (χ0n) is 15.9. The predicted molar refractivity (Wildman–Crippen MR) is 103 cm³/mol. The van der Waals surface area contributed by atoms with Crippen molar-refractivity contribution < 1.29 is 14.3 Å². The van der Waals surface area contributed by atoms with Crippen LogP contribution in [-0.2, 0) is 16.1 Å². The van der Waals surface area contributed by atoms with Gasteiger partial charge in [-0.3, -0.25) is 9.59 Å². The summed E-state index contributed by atoms with van der Waals surface area (Å²) in [6.07, 6.45) is 5.76. The number of methoxy groups -OCH3 is 1. The van der Waals surface area contributed by atoms with Crippen LogP contribution in [0.4, 0.5) is 5.69 Å². The number of imidazole rings is 1. The van der Waals surface area contributed by atoms with E-state index in [1.54, 1.807) is 31.4 Å². The summed E-state index contributed by atoms with van der Waals surface area (Å²) in [5.41, 5.74) is 1.32. The van der Waals surface area contributed by atoms with E-state index < -0.39 is 0 Å². The number of anilines is 1. The Bertz CT molecular complexity index is 785. The van der Waals surface area contributed by atoms with Crippen molar-refractivity contribution in [3.63, 3.8) is 0 Å². The fourth-order valence-electron chi connectivity index (χ4n) is 3.51. The first-order valence-corrected chi connectivity index (χ1v) is 9.25. The Labute approximate surface area is 159 Å². The normalized spacial score (nSPS) is 17.0. The van der Waals surface area contributed by atoms with Crippen LogP contribution in [0.15, 0.2) is 36.7 Å². The van der Waals surface area contributed by atoms with Gasteiger partial charge in [0.15, 0.2) is 0 Å². The van der Waals surface area contributed by atoms with Gasteiger partial charge >= 0.3 is 0 Å². The van der Waals surface area contributed by atoms with Crippen LogP contribution in [0.25, 0.3) is 0 Å². The fraction of sp³-hybridized carbons (Fsp3) is 0.450. The van der Waals surface area contributed by atoms with Gasteiger partial charge < -0.3 is 19.5 Å². The van der Waals surface area contributed by atoms with Gasteiger partial charge in [0.25, 0.3) is 5.91 Å². The molecule has 1 N–H and O–H groups in total. The first-order valence-electron chi connectivity index (χ1n) is 9.25. The average Bonchev–Trinajstić information content (AvgIpc) is 3.14. The smallest absolute Gasteiger partial charge is 0.253 e. The molecule has 0 spiro atoms. The van der Waals surface area contributed by atoms with Crippen LogP contribution in [0.1, 0.15) is 41.9 Å². The number of piperidine rings is 1. The van der Waals surface area contributed by atoms with Crippen LogP contribution in [-0.4, -0.2) is 53.1 Å². The van der Waals surface area contributed by atoms with E-state index in [2.05, 4.69) is 14.9 Å². The van der Waals surface area contributed by atoms with Crippen LogP contribution in [0.2, 0.25) is 0 Å². The highest BCUT2D eigenvalue weighted by Crippen LogP contribution is 2.27. The summed E-state index contributed by atoms with van der Waals surface area (Å²) in [6.45, 7) is 4.28. The summed E-state index contributed by atoms with van der Waals surface area (Å²) in [4.78, 5) is 30.4. The van der Waals surface area contributed by atoms with Gasteiger partial charge in [0.1, 0.15) is 5.82 Å². The summed E-state index contributed by atoms with van der Waals surface area (Å²) in [5, 5.41) is 2.71. The maximum atomic E-state index is 12.9. The monoisotopic (exact) mass is 370 g/mol. The van der Waals surface area contributed by atoms with Crippen molar-refractivity contribution in [3.8, 4) is 0 Å². The highest BCUT2D eigenvalue weighted by atomic mass is 16.5. The first-order chi connectivity index (χ1) is 13.1. The SMILES string of the molecule is COCCn1ccnc1[C@@H]1CCCN(C(=O)c2ccc(NC(C)=O)cc2)C1. The van der Waals surface area contributed by atoms with Crippen molar-refractivity contribution in [2.45, 2.75) is 32.2 Å². The number of aromatic nitrogens is 2. The molecular weight excluding hydrogens is 344 g/mol. The maximum Gasteiger partial charge on any atom is 0.253 e. The number of carbonyl (C=O) groups is 2. The molecule has 0 aliphatic carbocycles. The number of hydrogen-bond donors (Lipinski definition) is 1. The molecule has 2 aromatic rings. The Morgan fingerprint density at radius 1 is 1.30 bits per heavy atom. The van der Waals surface area contributed by atoms with Crippen molar-refractivity contribution in [2.75, 3.05) is 32.1 Å². The zero-order valence-corrected chi connectivity index (χ0v) is 15.9. The largest absolute Gasteiger partial charge is 0.383 e. The molecule has 1 fully saturated rings. The van der Waals surface area contributed by atoms with Crippen molar-refractivity contribution in [2.24, 2.45) is 0 Å². The molecule has 7 nitrogen and oxygen atoms in total. The number of likely N-dealkylation sites (tertiary alicyclic amines) is 1. The zero-order chi connectivity index (χ0) is 19.2. The van der Waals surface area contributed by atoms with Gasteiger partial charge in [-0.05, 0) is 37.1 Å². The van der Waals surface area contributed by atoms with Crippen molar-refractivity contribution >= 4 is 17.5 Å². The number of ether oxygens (including phenoxy) is 1. The molecule has 7 heteroatoms. The van der Waals surface area contributed by atoms with Gasteiger partial charge in [-0.2, -0.15) is 0 Å². The Hall–Kier alpha value is -2.67. The van der Waals surface area contributed by atoms with Crippen LogP contribution in [0, 0.1) is 0 Å². The molecular formula is C20H26N4O3. The highest BCUT2D eigenvalue weighted by Gasteiger charge is 2.28. The topological polar surface area (TPSA) is 76.5 Å².